The minimum Gasteiger partial charge on any atom is -0.353 e. The van der Waals surface area contributed by atoms with Crippen molar-refractivity contribution in [1.82, 2.24) is 14.5 Å². The highest BCUT2D eigenvalue weighted by Crippen LogP contribution is 2.22. The first kappa shape index (κ1) is 20.8. The zero-order chi connectivity index (χ0) is 20.1. The molecule has 1 aromatic carbocycles. The van der Waals surface area contributed by atoms with E-state index in [0.717, 1.165) is 0 Å². The van der Waals surface area contributed by atoms with Crippen LogP contribution in [0.1, 0.15) is 39.0 Å². The Kier molecular flexibility index (Phi) is 6.72. The summed E-state index contributed by atoms with van der Waals surface area (Å²) in [6, 6.07) is 8.46. The van der Waals surface area contributed by atoms with Gasteiger partial charge in [0.2, 0.25) is 21.8 Å². The maximum Gasteiger partial charge on any atom is 0.243 e. The average molecular weight is 408 g/mol. The molecule has 0 atom stereocenters. The van der Waals surface area contributed by atoms with Crippen LogP contribution in [0.25, 0.3) is 0 Å². The van der Waals surface area contributed by atoms with Gasteiger partial charge < -0.3 is 10.2 Å². The van der Waals surface area contributed by atoms with Gasteiger partial charge in [0.05, 0.1) is 4.90 Å². The SMILES string of the molecule is CCC(=O)N1CCC(C(=O)NC2CCN(S(=O)(=O)c3ccccc3)CC2)CC1. The fraction of sp³-hybridized carbons (Fsp3) is 0.600. The summed E-state index contributed by atoms with van der Waals surface area (Å²) in [5.41, 5.74) is 0. The van der Waals surface area contributed by atoms with Crippen LogP contribution in [0.5, 0.6) is 0 Å². The van der Waals surface area contributed by atoms with Crippen LogP contribution in [0.2, 0.25) is 0 Å². The molecule has 2 amide bonds. The second-order valence-electron chi connectivity index (χ2n) is 7.51. The van der Waals surface area contributed by atoms with E-state index in [2.05, 4.69) is 5.32 Å². The van der Waals surface area contributed by atoms with Crippen molar-refractivity contribution in [2.75, 3.05) is 26.2 Å². The molecular weight excluding hydrogens is 378 g/mol. The number of hydrogen-bond donors (Lipinski definition) is 1. The van der Waals surface area contributed by atoms with E-state index in [1.165, 1.54) is 4.31 Å². The summed E-state index contributed by atoms with van der Waals surface area (Å²) in [5, 5.41) is 3.09. The summed E-state index contributed by atoms with van der Waals surface area (Å²) in [5.74, 6) is 0.116. The van der Waals surface area contributed by atoms with Gasteiger partial charge in [-0.2, -0.15) is 4.31 Å². The molecule has 28 heavy (non-hydrogen) atoms. The molecule has 1 aromatic rings. The molecule has 0 unspecified atom stereocenters. The molecule has 0 aromatic heterocycles. The van der Waals surface area contributed by atoms with Crippen molar-refractivity contribution in [2.24, 2.45) is 5.92 Å². The predicted molar refractivity (Wildman–Crippen MR) is 106 cm³/mol. The lowest BCUT2D eigenvalue weighted by atomic mass is 9.94. The van der Waals surface area contributed by atoms with Crippen LogP contribution in [0.3, 0.4) is 0 Å². The first-order valence-electron chi connectivity index (χ1n) is 10.0. The highest BCUT2D eigenvalue weighted by Gasteiger charge is 2.32. The lowest BCUT2D eigenvalue weighted by molar-refractivity contribution is -0.135. The molecule has 7 nitrogen and oxygen atoms in total. The number of rotatable bonds is 5. The molecule has 2 fully saturated rings. The number of benzene rings is 1. The molecule has 0 aliphatic carbocycles. The standard InChI is InChI=1S/C20H29N3O4S/c1-2-19(24)22-12-8-16(9-13-22)20(25)21-17-10-14-23(15-11-17)28(26,27)18-6-4-3-5-7-18/h3-7,16-17H,2,8-15H2,1H3,(H,21,25). The monoisotopic (exact) mass is 407 g/mol. The van der Waals surface area contributed by atoms with E-state index in [1.807, 2.05) is 11.8 Å². The number of amides is 2. The summed E-state index contributed by atoms with van der Waals surface area (Å²) < 4.78 is 26.9. The molecule has 0 radical (unpaired) electrons. The van der Waals surface area contributed by atoms with Gasteiger partial charge in [0.15, 0.2) is 0 Å². The molecule has 0 bridgehead atoms. The number of sulfonamides is 1. The van der Waals surface area contributed by atoms with Crippen LogP contribution < -0.4 is 5.32 Å². The molecule has 154 valence electrons. The van der Waals surface area contributed by atoms with Gasteiger partial charge in [0, 0.05) is 44.6 Å². The predicted octanol–water partition coefficient (Wildman–Crippen LogP) is 1.60. The number of likely N-dealkylation sites (tertiary alicyclic amines) is 1. The van der Waals surface area contributed by atoms with Crippen LogP contribution in [0.4, 0.5) is 0 Å². The Hall–Kier alpha value is -1.93. The van der Waals surface area contributed by atoms with Crippen molar-refractivity contribution >= 4 is 21.8 Å². The van der Waals surface area contributed by atoms with Crippen molar-refractivity contribution in [3.63, 3.8) is 0 Å². The van der Waals surface area contributed by atoms with E-state index in [4.69, 9.17) is 0 Å². The van der Waals surface area contributed by atoms with Crippen LogP contribution in [-0.4, -0.2) is 61.7 Å². The smallest absolute Gasteiger partial charge is 0.243 e. The van der Waals surface area contributed by atoms with Crippen LogP contribution in [-0.2, 0) is 19.6 Å². The topological polar surface area (TPSA) is 86.8 Å². The van der Waals surface area contributed by atoms with Gasteiger partial charge in [-0.25, -0.2) is 8.42 Å². The first-order chi connectivity index (χ1) is 13.4. The average Bonchev–Trinajstić information content (AvgIpc) is 2.74. The maximum atomic E-state index is 12.7. The molecule has 8 heteroatoms. The first-order valence-corrected chi connectivity index (χ1v) is 11.5. The zero-order valence-electron chi connectivity index (χ0n) is 16.3. The number of piperidine rings is 2. The van der Waals surface area contributed by atoms with Crippen molar-refractivity contribution in [3.8, 4) is 0 Å². The quantitative estimate of drug-likeness (QED) is 0.803. The Bertz CT molecular complexity index is 781. The van der Waals surface area contributed by atoms with E-state index in [-0.39, 0.29) is 23.8 Å². The minimum atomic E-state index is -3.47. The van der Waals surface area contributed by atoms with Crippen LogP contribution in [0.15, 0.2) is 35.2 Å². The maximum absolute atomic E-state index is 12.7. The number of hydrogen-bond acceptors (Lipinski definition) is 4. The molecule has 0 spiro atoms. The summed E-state index contributed by atoms with van der Waals surface area (Å²) >= 11 is 0. The number of carbonyl (C=O) groups excluding carboxylic acids is 2. The molecule has 2 heterocycles. The van der Waals surface area contributed by atoms with Gasteiger partial charge in [-0.05, 0) is 37.8 Å². The Balaban J connectivity index is 1.47. The summed E-state index contributed by atoms with van der Waals surface area (Å²) in [6.07, 6.45) is 3.12. The normalized spacial score (nSPS) is 20.1. The van der Waals surface area contributed by atoms with Crippen molar-refractivity contribution in [2.45, 2.75) is 50.0 Å². The number of carbonyl (C=O) groups is 2. The molecule has 0 saturated carbocycles. The highest BCUT2D eigenvalue weighted by atomic mass is 32.2. The minimum absolute atomic E-state index is 0.00465. The number of nitrogens with one attached hydrogen (secondary N) is 1. The lowest BCUT2D eigenvalue weighted by Crippen LogP contribution is -2.49. The van der Waals surface area contributed by atoms with E-state index >= 15 is 0 Å². The van der Waals surface area contributed by atoms with E-state index in [9.17, 15) is 18.0 Å². The van der Waals surface area contributed by atoms with Gasteiger partial charge in [-0.15, -0.1) is 0 Å². The summed E-state index contributed by atoms with van der Waals surface area (Å²) in [6.45, 7) is 3.94. The van der Waals surface area contributed by atoms with Crippen molar-refractivity contribution in [1.29, 1.82) is 0 Å². The molecular formula is C20H29N3O4S. The van der Waals surface area contributed by atoms with Crippen molar-refractivity contribution < 1.29 is 18.0 Å². The molecule has 2 saturated heterocycles. The van der Waals surface area contributed by atoms with Gasteiger partial charge in [-0.1, -0.05) is 25.1 Å². The lowest BCUT2D eigenvalue weighted by Gasteiger charge is -2.34. The Morgan fingerprint density at radius 1 is 1.00 bits per heavy atom. The summed E-state index contributed by atoms with van der Waals surface area (Å²) in [4.78, 5) is 26.5. The van der Waals surface area contributed by atoms with E-state index in [0.29, 0.717) is 63.2 Å². The molecule has 1 N–H and O–H groups in total. The second-order valence-corrected chi connectivity index (χ2v) is 9.45. The van der Waals surface area contributed by atoms with E-state index in [1.54, 1.807) is 30.3 Å². The van der Waals surface area contributed by atoms with E-state index < -0.39 is 10.0 Å². The van der Waals surface area contributed by atoms with Gasteiger partial charge in [0.1, 0.15) is 0 Å². The molecule has 2 aliphatic heterocycles. The van der Waals surface area contributed by atoms with Gasteiger partial charge >= 0.3 is 0 Å². The van der Waals surface area contributed by atoms with Gasteiger partial charge in [-0.3, -0.25) is 9.59 Å². The van der Waals surface area contributed by atoms with Crippen molar-refractivity contribution in [3.05, 3.63) is 30.3 Å². The van der Waals surface area contributed by atoms with Crippen LogP contribution in [0, 0.1) is 5.92 Å². The van der Waals surface area contributed by atoms with Crippen LogP contribution >= 0.6 is 0 Å². The Labute approximate surface area is 167 Å². The Morgan fingerprint density at radius 3 is 2.18 bits per heavy atom. The molecule has 2 aliphatic rings. The third kappa shape index (κ3) is 4.72. The van der Waals surface area contributed by atoms with Gasteiger partial charge in [0.25, 0.3) is 0 Å². The fourth-order valence-electron chi connectivity index (χ4n) is 3.92. The second kappa shape index (κ2) is 9.05. The largest absolute Gasteiger partial charge is 0.353 e. The Morgan fingerprint density at radius 2 is 1.61 bits per heavy atom. The third-order valence-electron chi connectivity index (χ3n) is 5.70. The molecule has 3 rings (SSSR count). The highest BCUT2D eigenvalue weighted by molar-refractivity contribution is 7.89. The zero-order valence-corrected chi connectivity index (χ0v) is 17.2. The third-order valence-corrected chi connectivity index (χ3v) is 7.62. The number of nitrogens with zero attached hydrogens (tertiary/aromatic N) is 2. The summed E-state index contributed by atoms with van der Waals surface area (Å²) in [7, 11) is -3.47. The fourth-order valence-corrected chi connectivity index (χ4v) is 5.41.